The molecule has 7 heteroatoms. The fourth-order valence-electron chi connectivity index (χ4n) is 3.37. The van der Waals surface area contributed by atoms with Crippen LogP contribution >= 0.6 is 0 Å². The van der Waals surface area contributed by atoms with E-state index in [1.165, 1.54) is 24.3 Å². The minimum atomic E-state index is -4.65. The Kier molecular flexibility index (Phi) is 4.55. The zero-order valence-electron chi connectivity index (χ0n) is 15.0. The van der Waals surface area contributed by atoms with Gasteiger partial charge in [-0.1, -0.05) is 54.6 Å². The number of carbonyl (C=O) groups is 1. The Labute approximate surface area is 164 Å². The van der Waals surface area contributed by atoms with E-state index in [9.17, 15) is 23.1 Å². The molecule has 148 valence electrons. The summed E-state index contributed by atoms with van der Waals surface area (Å²) in [6.45, 7) is 0.336. The Bertz CT molecular complexity index is 1050. The van der Waals surface area contributed by atoms with Gasteiger partial charge in [-0.15, -0.1) is 0 Å². The third kappa shape index (κ3) is 3.34. The van der Waals surface area contributed by atoms with Crippen molar-refractivity contribution in [2.24, 2.45) is 0 Å². The van der Waals surface area contributed by atoms with Crippen LogP contribution in [0.25, 0.3) is 0 Å². The van der Waals surface area contributed by atoms with E-state index in [4.69, 9.17) is 4.74 Å². The van der Waals surface area contributed by atoms with Gasteiger partial charge in [-0.2, -0.15) is 13.2 Å². The van der Waals surface area contributed by atoms with Crippen LogP contribution in [0.15, 0.2) is 72.8 Å². The molecular formula is C22H16F3NO3. The average Bonchev–Trinajstić information content (AvgIpc) is 2.98. The molecule has 29 heavy (non-hydrogen) atoms. The molecule has 0 aromatic heterocycles. The fourth-order valence-corrected chi connectivity index (χ4v) is 3.37. The summed E-state index contributed by atoms with van der Waals surface area (Å²) in [5.74, 6) is -0.425. The summed E-state index contributed by atoms with van der Waals surface area (Å²) in [6.07, 6.45) is -4.65. The highest BCUT2D eigenvalue weighted by Gasteiger charge is 2.50. The minimum Gasteiger partial charge on any atom is -0.489 e. The van der Waals surface area contributed by atoms with Crippen molar-refractivity contribution in [1.82, 2.24) is 0 Å². The molecule has 0 saturated carbocycles. The molecular weight excluding hydrogens is 383 g/mol. The highest BCUT2D eigenvalue weighted by atomic mass is 19.4. The first kappa shape index (κ1) is 19.0. The van der Waals surface area contributed by atoms with Gasteiger partial charge in [0.05, 0.1) is 11.3 Å². The van der Waals surface area contributed by atoms with Gasteiger partial charge in [0, 0.05) is 5.56 Å². The third-order valence-electron chi connectivity index (χ3n) is 4.85. The number of amides is 1. The van der Waals surface area contributed by atoms with Gasteiger partial charge in [0.2, 0.25) is 0 Å². The first-order valence-corrected chi connectivity index (χ1v) is 8.82. The Morgan fingerprint density at radius 1 is 0.931 bits per heavy atom. The van der Waals surface area contributed by atoms with E-state index in [1.807, 2.05) is 30.3 Å². The van der Waals surface area contributed by atoms with Crippen molar-refractivity contribution in [3.8, 4) is 5.75 Å². The van der Waals surface area contributed by atoms with Crippen LogP contribution in [0.5, 0.6) is 5.75 Å². The molecule has 4 nitrogen and oxygen atoms in total. The van der Waals surface area contributed by atoms with Crippen LogP contribution in [0.1, 0.15) is 22.3 Å². The van der Waals surface area contributed by atoms with Crippen molar-refractivity contribution < 1.29 is 27.8 Å². The Morgan fingerprint density at radius 3 is 2.28 bits per heavy atom. The standard InChI is InChI=1S/C22H16F3NO3/c23-22(24,25)18-8-4-7-17-19(18)26-20(27)21(17,28)15-9-11-16(12-10-15)29-13-14-5-2-1-3-6-14/h1-12,28H,13H2,(H,26,27). The number of halogens is 3. The van der Waals surface area contributed by atoms with Crippen LogP contribution in [0.4, 0.5) is 18.9 Å². The van der Waals surface area contributed by atoms with E-state index in [0.717, 1.165) is 11.6 Å². The summed E-state index contributed by atoms with van der Waals surface area (Å²) in [6, 6.07) is 18.9. The van der Waals surface area contributed by atoms with Crippen molar-refractivity contribution in [3.05, 3.63) is 95.1 Å². The van der Waals surface area contributed by atoms with Crippen molar-refractivity contribution in [1.29, 1.82) is 0 Å². The maximum absolute atomic E-state index is 13.3. The van der Waals surface area contributed by atoms with E-state index in [2.05, 4.69) is 5.32 Å². The van der Waals surface area contributed by atoms with Crippen LogP contribution < -0.4 is 10.1 Å². The van der Waals surface area contributed by atoms with Crippen LogP contribution in [0, 0.1) is 0 Å². The summed E-state index contributed by atoms with van der Waals surface area (Å²) in [4.78, 5) is 12.5. The number of anilines is 1. The van der Waals surface area contributed by atoms with Crippen LogP contribution in [-0.4, -0.2) is 11.0 Å². The molecule has 3 aromatic rings. The highest BCUT2D eigenvalue weighted by molar-refractivity contribution is 6.08. The van der Waals surface area contributed by atoms with Crippen molar-refractivity contribution in [2.45, 2.75) is 18.4 Å². The summed E-state index contributed by atoms with van der Waals surface area (Å²) >= 11 is 0. The molecule has 2 N–H and O–H groups in total. The maximum Gasteiger partial charge on any atom is 0.418 e. The Balaban J connectivity index is 1.63. The second-order valence-electron chi connectivity index (χ2n) is 6.69. The SMILES string of the molecule is O=C1Nc2c(C(F)(F)F)cccc2C1(O)c1ccc(OCc2ccccc2)cc1. The Morgan fingerprint density at radius 2 is 1.62 bits per heavy atom. The number of para-hydroxylation sites is 1. The van der Waals surface area contributed by atoms with Crippen molar-refractivity contribution in [3.63, 3.8) is 0 Å². The third-order valence-corrected chi connectivity index (χ3v) is 4.85. The number of nitrogens with one attached hydrogen (secondary N) is 1. The average molecular weight is 399 g/mol. The minimum absolute atomic E-state index is 0.129. The lowest BCUT2D eigenvalue weighted by atomic mass is 9.86. The molecule has 1 atom stereocenters. The number of aliphatic hydroxyl groups is 1. The quantitative estimate of drug-likeness (QED) is 0.681. The van der Waals surface area contributed by atoms with E-state index in [1.54, 1.807) is 12.1 Å². The molecule has 1 heterocycles. The lowest BCUT2D eigenvalue weighted by Gasteiger charge is -2.22. The van der Waals surface area contributed by atoms with Gasteiger partial charge in [0.25, 0.3) is 5.91 Å². The number of rotatable bonds is 4. The van der Waals surface area contributed by atoms with E-state index < -0.39 is 28.9 Å². The van der Waals surface area contributed by atoms with E-state index in [0.29, 0.717) is 12.4 Å². The molecule has 1 aliphatic heterocycles. The topological polar surface area (TPSA) is 58.6 Å². The van der Waals surface area contributed by atoms with Gasteiger partial charge in [-0.05, 0) is 29.3 Å². The highest BCUT2D eigenvalue weighted by Crippen LogP contribution is 2.46. The molecule has 4 rings (SSSR count). The molecule has 0 fully saturated rings. The number of benzene rings is 3. The number of hydrogen-bond donors (Lipinski definition) is 2. The summed E-state index contributed by atoms with van der Waals surface area (Å²) < 4.78 is 45.4. The maximum atomic E-state index is 13.3. The number of carbonyl (C=O) groups excluding carboxylic acids is 1. The number of alkyl halides is 3. The summed E-state index contributed by atoms with van der Waals surface area (Å²) in [7, 11) is 0. The molecule has 3 aromatic carbocycles. The van der Waals surface area contributed by atoms with Gasteiger partial charge in [0.1, 0.15) is 12.4 Å². The van der Waals surface area contributed by atoms with Gasteiger partial charge in [0.15, 0.2) is 5.60 Å². The Hall–Kier alpha value is -3.32. The molecule has 0 radical (unpaired) electrons. The molecule has 1 unspecified atom stereocenters. The van der Waals surface area contributed by atoms with Crippen molar-refractivity contribution in [2.75, 3.05) is 5.32 Å². The molecule has 0 aliphatic carbocycles. The van der Waals surface area contributed by atoms with Crippen LogP contribution in [0.2, 0.25) is 0 Å². The second kappa shape index (κ2) is 6.93. The van der Waals surface area contributed by atoms with Crippen molar-refractivity contribution >= 4 is 11.6 Å². The largest absolute Gasteiger partial charge is 0.489 e. The summed E-state index contributed by atoms with van der Waals surface area (Å²) in [5, 5.41) is 13.2. The molecule has 1 amide bonds. The number of hydrogen-bond acceptors (Lipinski definition) is 3. The zero-order chi connectivity index (χ0) is 20.6. The normalized spacial score (nSPS) is 18.3. The lowest BCUT2D eigenvalue weighted by molar-refractivity contribution is -0.136. The first-order valence-electron chi connectivity index (χ1n) is 8.82. The zero-order valence-corrected chi connectivity index (χ0v) is 15.0. The molecule has 1 aliphatic rings. The van der Waals surface area contributed by atoms with Gasteiger partial charge >= 0.3 is 6.18 Å². The van der Waals surface area contributed by atoms with Gasteiger partial charge in [-0.3, -0.25) is 4.79 Å². The van der Waals surface area contributed by atoms with E-state index in [-0.39, 0.29) is 11.1 Å². The second-order valence-corrected chi connectivity index (χ2v) is 6.69. The predicted octanol–water partition coefficient (Wildman–Crippen LogP) is 4.47. The number of ether oxygens (including phenoxy) is 1. The monoisotopic (exact) mass is 399 g/mol. The smallest absolute Gasteiger partial charge is 0.418 e. The van der Waals surface area contributed by atoms with E-state index >= 15 is 0 Å². The van der Waals surface area contributed by atoms with Crippen LogP contribution in [0.3, 0.4) is 0 Å². The summed E-state index contributed by atoms with van der Waals surface area (Å²) in [5.41, 5.74) is -2.64. The first-order chi connectivity index (χ1) is 13.8. The fraction of sp³-hybridized carbons (Fsp3) is 0.136. The van der Waals surface area contributed by atoms with Crippen LogP contribution in [-0.2, 0) is 23.2 Å². The van der Waals surface area contributed by atoms with Gasteiger partial charge in [-0.25, -0.2) is 0 Å². The molecule has 0 saturated heterocycles. The lowest BCUT2D eigenvalue weighted by Crippen LogP contribution is -2.35. The predicted molar refractivity (Wildman–Crippen MR) is 100 cm³/mol. The van der Waals surface area contributed by atoms with Gasteiger partial charge < -0.3 is 15.2 Å². The number of fused-ring (bicyclic) bond motifs is 1. The molecule has 0 bridgehead atoms. The molecule has 0 spiro atoms.